The Hall–Kier alpha value is -0.0800. The molecule has 0 saturated carbocycles. The lowest BCUT2D eigenvalue weighted by atomic mass is 10.0. The maximum absolute atomic E-state index is 3.64. The zero-order valence-electron chi connectivity index (χ0n) is 10.6. The number of nitrogens with zero attached hydrogens (tertiary/aromatic N) is 1. The van der Waals surface area contributed by atoms with E-state index in [0.717, 1.165) is 12.5 Å². The van der Waals surface area contributed by atoms with Crippen molar-refractivity contribution < 1.29 is 0 Å². The molecular weight excluding hydrogens is 172 g/mol. The van der Waals surface area contributed by atoms with Gasteiger partial charge in [-0.1, -0.05) is 27.2 Å². The fourth-order valence-electron chi connectivity index (χ4n) is 1.72. The summed E-state index contributed by atoms with van der Waals surface area (Å²) >= 11 is 0. The molecule has 0 saturated heterocycles. The predicted octanol–water partition coefficient (Wildman–Crippen LogP) is 2.35. The summed E-state index contributed by atoms with van der Waals surface area (Å²) in [6, 6.07) is 0.663. The molecule has 1 unspecified atom stereocenters. The van der Waals surface area contributed by atoms with Crippen LogP contribution < -0.4 is 5.32 Å². The van der Waals surface area contributed by atoms with Crippen LogP contribution in [0.3, 0.4) is 0 Å². The van der Waals surface area contributed by atoms with Gasteiger partial charge >= 0.3 is 0 Å². The van der Waals surface area contributed by atoms with Crippen molar-refractivity contribution in [3.63, 3.8) is 0 Å². The van der Waals surface area contributed by atoms with E-state index in [1.54, 1.807) is 0 Å². The Kier molecular flexibility index (Phi) is 8.20. The Morgan fingerprint density at radius 2 is 1.86 bits per heavy atom. The molecule has 2 heteroatoms. The highest BCUT2D eigenvalue weighted by molar-refractivity contribution is 4.70. The van der Waals surface area contributed by atoms with Gasteiger partial charge in [-0.05, 0) is 39.4 Å². The molecule has 2 nitrogen and oxygen atoms in total. The molecular formula is C12H28N2. The van der Waals surface area contributed by atoms with Crippen LogP contribution in [0.25, 0.3) is 0 Å². The average Bonchev–Trinajstić information content (AvgIpc) is 2.02. The van der Waals surface area contributed by atoms with Crippen molar-refractivity contribution in [3.05, 3.63) is 0 Å². The number of unbranched alkanes of at least 4 members (excludes halogenated alkanes) is 1. The van der Waals surface area contributed by atoms with Gasteiger partial charge in [-0.25, -0.2) is 0 Å². The van der Waals surface area contributed by atoms with Crippen molar-refractivity contribution in [1.29, 1.82) is 0 Å². The molecule has 0 rings (SSSR count). The number of nitrogens with one attached hydrogen (secondary N) is 1. The maximum Gasteiger partial charge on any atom is 0.0197 e. The quantitative estimate of drug-likeness (QED) is 0.605. The van der Waals surface area contributed by atoms with E-state index < -0.39 is 0 Å². The molecule has 0 radical (unpaired) electrons. The van der Waals surface area contributed by atoms with Gasteiger partial charge in [0.25, 0.3) is 0 Å². The van der Waals surface area contributed by atoms with E-state index in [0.29, 0.717) is 6.04 Å². The van der Waals surface area contributed by atoms with Crippen LogP contribution in [0.5, 0.6) is 0 Å². The van der Waals surface area contributed by atoms with Gasteiger partial charge in [0, 0.05) is 12.6 Å². The summed E-state index contributed by atoms with van der Waals surface area (Å²) < 4.78 is 0. The number of likely N-dealkylation sites (N-methyl/N-ethyl adjacent to an activating group) is 1. The van der Waals surface area contributed by atoms with Gasteiger partial charge in [0.15, 0.2) is 0 Å². The van der Waals surface area contributed by atoms with Crippen molar-refractivity contribution in [3.8, 4) is 0 Å². The van der Waals surface area contributed by atoms with E-state index in [1.807, 2.05) is 0 Å². The highest BCUT2D eigenvalue weighted by Gasteiger charge is 2.10. The van der Waals surface area contributed by atoms with Crippen LogP contribution in [-0.2, 0) is 0 Å². The Bertz CT molecular complexity index is 111. The molecule has 0 bridgehead atoms. The number of rotatable bonds is 8. The summed E-state index contributed by atoms with van der Waals surface area (Å²) in [6.07, 6.45) is 3.85. The minimum atomic E-state index is 0.663. The first-order valence-corrected chi connectivity index (χ1v) is 5.94. The number of hydrogen-bond donors (Lipinski definition) is 1. The second kappa shape index (κ2) is 8.25. The molecule has 14 heavy (non-hydrogen) atoms. The summed E-state index contributed by atoms with van der Waals surface area (Å²) in [5, 5.41) is 3.64. The Morgan fingerprint density at radius 3 is 2.29 bits per heavy atom. The molecule has 0 aromatic rings. The van der Waals surface area contributed by atoms with E-state index in [2.05, 4.69) is 45.1 Å². The topological polar surface area (TPSA) is 15.3 Å². The van der Waals surface area contributed by atoms with Gasteiger partial charge in [-0.2, -0.15) is 0 Å². The summed E-state index contributed by atoms with van der Waals surface area (Å²) in [5.74, 6) is 0.786. The van der Waals surface area contributed by atoms with Crippen molar-refractivity contribution in [2.24, 2.45) is 5.92 Å². The summed E-state index contributed by atoms with van der Waals surface area (Å²) in [5.41, 5.74) is 0. The second-order valence-electron chi connectivity index (χ2n) is 4.90. The summed E-state index contributed by atoms with van der Waals surface area (Å²) in [4.78, 5) is 2.27. The molecule has 0 aromatic carbocycles. The maximum atomic E-state index is 3.64. The largest absolute Gasteiger partial charge is 0.313 e. The average molecular weight is 200 g/mol. The lowest BCUT2D eigenvalue weighted by Gasteiger charge is -2.24. The zero-order chi connectivity index (χ0) is 11.0. The molecule has 0 aromatic heterocycles. The fraction of sp³-hybridized carbons (Fsp3) is 1.00. The Morgan fingerprint density at radius 1 is 1.21 bits per heavy atom. The molecule has 1 atom stereocenters. The molecule has 1 N–H and O–H groups in total. The fourth-order valence-corrected chi connectivity index (χ4v) is 1.72. The highest BCUT2D eigenvalue weighted by Crippen LogP contribution is 2.05. The van der Waals surface area contributed by atoms with Crippen LogP contribution in [0.15, 0.2) is 0 Å². The Labute approximate surface area is 90.1 Å². The molecule has 0 heterocycles. The van der Waals surface area contributed by atoms with Gasteiger partial charge in [-0.3, -0.25) is 0 Å². The first-order chi connectivity index (χ1) is 6.56. The van der Waals surface area contributed by atoms with Gasteiger partial charge in [0.1, 0.15) is 0 Å². The minimum Gasteiger partial charge on any atom is -0.313 e. The first-order valence-electron chi connectivity index (χ1n) is 5.94. The standard InChI is InChI=1S/C12H28N2/c1-6-7-8-13-12(9-11(2)3)10-14(4)5/h11-13H,6-10H2,1-5H3. The third-order valence-corrected chi connectivity index (χ3v) is 2.30. The third-order valence-electron chi connectivity index (χ3n) is 2.30. The smallest absolute Gasteiger partial charge is 0.0197 e. The minimum absolute atomic E-state index is 0.663. The van der Waals surface area contributed by atoms with E-state index in [-0.39, 0.29) is 0 Å². The van der Waals surface area contributed by atoms with Crippen LogP contribution >= 0.6 is 0 Å². The third kappa shape index (κ3) is 8.52. The van der Waals surface area contributed by atoms with Gasteiger partial charge < -0.3 is 10.2 Å². The van der Waals surface area contributed by atoms with E-state index in [4.69, 9.17) is 0 Å². The SMILES string of the molecule is CCCCNC(CC(C)C)CN(C)C. The molecule has 0 aliphatic carbocycles. The Balaban J connectivity index is 3.72. The zero-order valence-corrected chi connectivity index (χ0v) is 10.6. The van der Waals surface area contributed by atoms with E-state index in [1.165, 1.54) is 25.8 Å². The molecule has 86 valence electrons. The van der Waals surface area contributed by atoms with Gasteiger partial charge in [0.05, 0.1) is 0 Å². The van der Waals surface area contributed by atoms with Gasteiger partial charge in [0.2, 0.25) is 0 Å². The molecule has 0 aliphatic heterocycles. The van der Waals surface area contributed by atoms with Crippen LogP contribution in [0, 0.1) is 5.92 Å². The van der Waals surface area contributed by atoms with Crippen molar-refractivity contribution in [1.82, 2.24) is 10.2 Å². The second-order valence-corrected chi connectivity index (χ2v) is 4.90. The molecule has 0 spiro atoms. The van der Waals surface area contributed by atoms with Crippen LogP contribution in [0.4, 0.5) is 0 Å². The number of hydrogen-bond acceptors (Lipinski definition) is 2. The van der Waals surface area contributed by atoms with E-state index >= 15 is 0 Å². The predicted molar refractivity (Wildman–Crippen MR) is 64.7 cm³/mol. The normalized spacial score (nSPS) is 13.9. The van der Waals surface area contributed by atoms with E-state index in [9.17, 15) is 0 Å². The monoisotopic (exact) mass is 200 g/mol. The van der Waals surface area contributed by atoms with Crippen molar-refractivity contribution in [2.75, 3.05) is 27.2 Å². The van der Waals surface area contributed by atoms with Gasteiger partial charge in [-0.15, -0.1) is 0 Å². The lowest BCUT2D eigenvalue weighted by molar-refractivity contribution is 0.305. The first kappa shape index (κ1) is 13.9. The lowest BCUT2D eigenvalue weighted by Crippen LogP contribution is -2.39. The van der Waals surface area contributed by atoms with Crippen LogP contribution in [0.1, 0.15) is 40.0 Å². The molecule has 0 fully saturated rings. The summed E-state index contributed by atoms with van der Waals surface area (Å²) in [6.45, 7) is 9.16. The van der Waals surface area contributed by atoms with Crippen LogP contribution in [-0.4, -0.2) is 38.1 Å². The molecule has 0 amide bonds. The molecule has 0 aliphatic rings. The highest BCUT2D eigenvalue weighted by atomic mass is 15.1. The van der Waals surface area contributed by atoms with Crippen LogP contribution in [0.2, 0.25) is 0 Å². The van der Waals surface area contributed by atoms with Crippen molar-refractivity contribution in [2.45, 2.75) is 46.1 Å². The van der Waals surface area contributed by atoms with Crippen molar-refractivity contribution >= 4 is 0 Å². The summed E-state index contributed by atoms with van der Waals surface area (Å²) in [7, 11) is 4.30.